The van der Waals surface area contributed by atoms with E-state index in [1.807, 2.05) is 11.9 Å². The van der Waals surface area contributed by atoms with Crippen LogP contribution in [0, 0.1) is 5.92 Å². The fraction of sp³-hybridized carbons (Fsp3) is 0.929. The van der Waals surface area contributed by atoms with Crippen LogP contribution in [0.3, 0.4) is 0 Å². The molecule has 1 aliphatic rings. The molecule has 0 aromatic rings. The van der Waals surface area contributed by atoms with Gasteiger partial charge in [0.15, 0.2) is 5.96 Å². The van der Waals surface area contributed by atoms with E-state index in [4.69, 9.17) is 4.74 Å². The van der Waals surface area contributed by atoms with Crippen molar-refractivity contribution in [3.63, 3.8) is 0 Å². The number of hydrogen-bond acceptors (Lipinski definition) is 2. The van der Waals surface area contributed by atoms with Crippen LogP contribution in [0.1, 0.15) is 32.1 Å². The molecule has 0 heterocycles. The van der Waals surface area contributed by atoms with Crippen molar-refractivity contribution in [3.8, 4) is 0 Å². The van der Waals surface area contributed by atoms with Gasteiger partial charge in [-0.25, -0.2) is 0 Å². The Morgan fingerprint density at radius 2 is 2.00 bits per heavy atom. The molecule has 0 aliphatic heterocycles. The summed E-state index contributed by atoms with van der Waals surface area (Å²) in [6.07, 6.45) is -1.62. The Labute approximate surface area is 147 Å². The fourth-order valence-corrected chi connectivity index (χ4v) is 1.88. The van der Waals surface area contributed by atoms with E-state index in [-0.39, 0.29) is 30.4 Å². The lowest BCUT2D eigenvalue weighted by molar-refractivity contribution is -0.135. The highest BCUT2D eigenvalue weighted by atomic mass is 127. The Kier molecular flexibility index (Phi) is 11.2. The third-order valence-electron chi connectivity index (χ3n) is 3.37. The number of rotatable bonds is 9. The topological polar surface area (TPSA) is 36.9 Å². The lowest BCUT2D eigenvalue weighted by Gasteiger charge is -2.22. The first-order valence-electron chi connectivity index (χ1n) is 7.48. The highest BCUT2D eigenvalue weighted by molar-refractivity contribution is 14.0. The number of unbranched alkanes of at least 4 members (excludes halogenated alkanes) is 1. The van der Waals surface area contributed by atoms with Gasteiger partial charge in [0.25, 0.3) is 0 Å². The van der Waals surface area contributed by atoms with E-state index in [2.05, 4.69) is 10.3 Å². The number of alkyl halides is 3. The largest absolute Gasteiger partial charge is 0.389 e. The van der Waals surface area contributed by atoms with Gasteiger partial charge in [0, 0.05) is 40.2 Å². The van der Waals surface area contributed by atoms with Crippen molar-refractivity contribution in [1.29, 1.82) is 0 Å². The normalized spacial score (nSPS) is 15.4. The summed E-state index contributed by atoms with van der Waals surface area (Å²) in [5.74, 6) is 1.44. The molecule has 1 rings (SSSR count). The van der Waals surface area contributed by atoms with Crippen LogP contribution in [-0.2, 0) is 4.74 Å². The third-order valence-corrected chi connectivity index (χ3v) is 3.37. The summed E-state index contributed by atoms with van der Waals surface area (Å²) in [5.41, 5.74) is 0. The monoisotopic (exact) mass is 437 g/mol. The van der Waals surface area contributed by atoms with Gasteiger partial charge in [0.2, 0.25) is 0 Å². The van der Waals surface area contributed by atoms with E-state index < -0.39 is 12.6 Å². The standard InChI is InChI=1S/C14H26F3N3O.HI/c1-18-13(19-8-4-3-7-14(15,16)17)20(2)9-10-21-11-12-5-6-12;/h12H,3-11H2,1-2H3,(H,18,19);1H. The summed E-state index contributed by atoms with van der Waals surface area (Å²) < 4.78 is 41.6. The van der Waals surface area contributed by atoms with Crippen molar-refractivity contribution in [2.24, 2.45) is 10.9 Å². The van der Waals surface area contributed by atoms with Crippen LogP contribution in [0.2, 0.25) is 0 Å². The Bertz CT molecular complexity index is 323. The van der Waals surface area contributed by atoms with Crippen molar-refractivity contribution >= 4 is 29.9 Å². The van der Waals surface area contributed by atoms with E-state index in [1.54, 1.807) is 7.05 Å². The summed E-state index contributed by atoms with van der Waals surface area (Å²) >= 11 is 0. The summed E-state index contributed by atoms with van der Waals surface area (Å²) in [7, 11) is 3.56. The molecule has 0 radical (unpaired) electrons. The zero-order valence-electron chi connectivity index (χ0n) is 13.3. The van der Waals surface area contributed by atoms with E-state index in [0.29, 0.717) is 25.5 Å². The van der Waals surface area contributed by atoms with E-state index in [1.165, 1.54) is 12.8 Å². The van der Waals surface area contributed by atoms with Crippen LogP contribution >= 0.6 is 24.0 Å². The van der Waals surface area contributed by atoms with Crippen LogP contribution in [0.4, 0.5) is 13.2 Å². The average molecular weight is 437 g/mol. The molecular weight excluding hydrogens is 410 g/mol. The molecule has 1 fully saturated rings. The molecule has 8 heteroatoms. The quantitative estimate of drug-likeness (QED) is 0.261. The third kappa shape index (κ3) is 11.3. The van der Waals surface area contributed by atoms with Gasteiger partial charge in [0.05, 0.1) is 6.61 Å². The second-order valence-electron chi connectivity index (χ2n) is 5.49. The van der Waals surface area contributed by atoms with Crippen molar-refractivity contribution in [1.82, 2.24) is 10.2 Å². The number of nitrogens with one attached hydrogen (secondary N) is 1. The molecule has 0 atom stereocenters. The predicted molar refractivity (Wildman–Crippen MR) is 92.9 cm³/mol. The number of halogens is 4. The second-order valence-corrected chi connectivity index (χ2v) is 5.49. The summed E-state index contributed by atoms with van der Waals surface area (Å²) in [4.78, 5) is 6.04. The van der Waals surface area contributed by atoms with Gasteiger partial charge in [0.1, 0.15) is 0 Å². The molecular formula is C14H27F3IN3O. The maximum Gasteiger partial charge on any atom is 0.389 e. The lowest BCUT2D eigenvalue weighted by atomic mass is 10.2. The summed E-state index contributed by atoms with van der Waals surface area (Å²) in [6.45, 7) is 2.68. The number of guanidine groups is 1. The minimum Gasteiger partial charge on any atom is -0.379 e. The molecule has 1 N–H and O–H groups in total. The van der Waals surface area contributed by atoms with Crippen molar-refractivity contribution < 1.29 is 17.9 Å². The maximum absolute atomic E-state index is 12.0. The number of likely N-dealkylation sites (N-methyl/N-ethyl adjacent to an activating group) is 1. The zero-order valence-corrected chi connectivity index (χ0v) is 15.6. The van der Waals surface area contributed by atoms with Crippen LogP contribution < -0.4 is 5.32 Å². The van der Waals surface area contributed by atoms with Gasteiger partial charge in [-0.3, -0.25) is 4.99 Å². The van der Waals surface area contributed by atoms with E-state index >= 15 is 0 Å². The maximum atomic E-state index is 12.0. The van der Waals surface area contributed by atoms with Crippen LogP contribution in [0.5, 0.6) is 0 Å². The molecule has 22 heavy (non-hydrogen) atoms. The Morgan fingerprint density at radius 3 is 2.55 bits per heavy atom. The molecule has 1 saturated carbocycles. The highest BCUT2D eigenvalue weighted by Gasteiger charge is 2.25. The summed E-state index contributed by atoms with van der Waals surface area (Å²) in [5, 5.41) is 3.07. The van der Waals surface area contributed by atoms with Crippen molar-refractivity contribution in [2.75, 3.05) is 40.4 Å². The zero-order chi connectivity index (χ0) is 15.7. The fourth-order valence-electron chi connectivity index (χ4n) is 1.88. The second kappa shape index (κ2) is 11.3. The Hall–Kier alpha value is -0.250. The first-order valence-corrected chi connectivity index (χ1v) is 7.48. The van der Waals surface area contributed by atoms with E-state index in [9.17, 15) is 13.2 Å². The smallest absolute Gasteiger partial charge is 0.379 e. The van der Waals surface area contributed by atoms with Crippen molar-refractivity contribution in [2.45, 2.75) is 38.3 Å². The number of ether oxygens (including phenoxy) is 1. The van der Waals surface area contributed by atoms with Gasteiger partial charge >= 0.3 is 6.18 Å². The minimum absolute atomic E-state index is 0. The van der Waals surface area contributed by atoms with Crippen LogP contribution in [-0.4, -0.2) is 57.4 Å². The molecule has 0 unspecified atom stereocenters. The Morgan fingerprint density at radius 1 is 1.32 bits per heavy atom. The van der Waals surface area contributed by atoms with Gasteiger partial charge in [-0.2, -0.15) is 13.2 Å². The molecule has 0 amide bonds. The summed E-state index contributed by atoms with van der Waals surface area (Å²) in [6, 6.07) is 0. The molecule has 0 aromatic carbocycles. The first-order chi connectivity index (χ1) is 9.92. The van der Waals surface area contributed by atoms with Crippen LogP contribution in [0.25, 0.3) is 0 Å². The number of nitrogens with zero attached hydrogens (tertiary/aromatic N) is 2. The molecule has 0 bridgehead atoms. The molecule has 0 spiro atoms. The van der Waals surface area contributed by atoms with Gasteiger partial charge < -0.3 is 15.0 Å². The average Bonchev–Trinajstić information content (AvgIpc) is 3.21. The number of hydrogen-bond donors (Lipinski definition) is 1. The molecule has 4 nitrogen and oxygen atoms in total. The molecule has 0 aromatic heterocycles. The predicted octanol–water partition coefficient (Wildman–Crippen LogP) is 3.27. The van der Waals surface area contributed by atoms with Gasteiger partial charge in [-0.1, -0.05) is 0 Å². The van der Waals surface area contributed by atoms with Gasteiger partial charge in [-0.15, -0.1) is 24.0 Å². The number of aliphatic imine (C=N–C) groups is 1. The molecule has 0 saturated heterocycles. The SMILES string of the molecule is CN=C(NCCCCC(F)(F)F)N(C)CCOCC1CC1.I. The first kappa shape index (κ1) is 21.8. The Balaban J connectivity index is 0.00000441. The minimum atomic E-state index is -4.06. The van der Waals surface area contributed by atoms with E-state index in [0.717, 1.165) is 19.1 Å². The van der Waals surface area contributed by atoms with Crippen molar-refractivity contribution in [3.05, 3.63) is 0 Å². The molecule has 132 valence electrons. The lowest BCUT2D eigenvalue weighted by Crippen LogP contribution is -2.41. The van der Waals surface area contributed by atoms with Gasteiger partial charge in [-0.05, 0) is 31.6 Å². The highest BCUT2D eigenvalue weighted by Crippen LogP contribution is 2.28. The molecule has 1 aliphatic carbocycles. The van der Waals surface area contributed by atoms with Crippen LogP contribution in [0.15, 0.2) is 4.99 Å².